The zero-order chi connectivity index (χ0) is 28.9. The van der Waals surface area contributed by atoms with E-state index in [-0.39, 0.29) is 11.2 Å². The van der Waals surface area contributed by atoms with E-state index in [0.717, 1.165) is 51.3 Å². The van der Waals surface area contributed by atoms with E-state index in [1.54, 1.807) is 29.8 Å². The molecule has 7 heteroatoms. The van der Waals surface area contributed by atoms with Gasteiger partial charge in [-0.05, 0) is 59.2 Å². The molecule has 5 aromatic rings. The molecule has 0 atom stereocenters. The standard InChI is InChI=1S/C31H32FN5S.C2H2/c1-19(16-31(2,3)4)36-23-12-21(17-34-18-23)25-13-20(28(33-5)15-27(25)32)11-22-14-26-24(29-7-6-10-38-29)8-9-35-30(26)37-22;1-2/h6-10,12-15,17-18,33,36H,1,11,16H2,2-5H3,(H,35,37);1-2H. The quantitative estimate of drug-likeness (QED) is 0.169. The number of halogens is 1. The van der Waals surface area contributed by atoms with E-state index in [9.17, 15) is 0 Å². The molecule has 0 aliphatic rings. The van der Waals surface area contributed by atoms with Crippen LogP contribution in [0.1, 0.15) is 38.4 Å². The number of anilines is 2. The average molecular weight is 552 g/mol. The van der Waals surface area contributed by atoms with Crippen molar-refractivity contribution in [1.29, 1.82) is 0 Å². The summed E-state index contributed by atoms with van der Waals surface area (Å²) in [6.07, 6.45) is 14.7. The molecule has 0 aliphatic heterocycles. The summed E-state index contributed by atoms with van der Waals surface area (Å²) in [6, 6.07) is 13.7. The van der Waals surface area contributed by atoms with Crippen LogP contribution < -0.4 is 10.6 Å². The van der Waals surface area contributed by atoms with Gasteiger partial charge in [-0.25, -0.2) is 9.37 Å². The molecule has 0 saturated carbocycles. The van der Waals surface area contributed by atoms with Crippen LogP contribution in [0, 0.1) is 24.1 Å². The fraction of sp³-hybridized carbons (Fsp3) is 0.212. The van der Waals surface area contributed by atoms with Crippen molar-refractivity contribution < 1.29 is 4.39 Å². The Hall–Kier alpha value is -4.41. The molecule has 4 heterocycles. The summed E-state index contributed by atoms with van der Waals surface area (Å²) in [5.74, 6) is -0.302. The molecule has 0 fully saturated rings. The second-order valence-corrected chi connectivity index (χ2v) is 11.7. The topological polar surface area (TPSA) is 65.6 Å². The molecule has 0 bridgehead atoms. The van der Waals surface area contributed by atoms with Crippen LogP contribution in [0.3, 0.4) is 0 Å². The fourth-order valence-electron chi connectivity index (χ4n) is 4.79. The maximum absolute atomic E-state index is 15.3. The second kappa shape index (κ2) is 12.2. The lowest BCUT2D eigenvalue weighted by atomic mass is 9.91. The van der Waals surface area contributed by atoms with Crippen LogP contribution >= 0.6 is 11.3 Å². The lowest BCUT2D eigenvalue weighted by Gasteiger charge is -2.20. The van der Waals surface area contributed by atoms with Gasteiger partial charge in [-0.3, -0.25) is 4.98 Å². The number of allylic oxidation sites excluding steroid dienone is 1. The Morgan fingerprint density at radius 1 is 1.10 bits per heavy atom. The molecule has 5 rings (SSSR count). The van der Waals surface area contributed by atoms with Crippen LogP contribution in [0.25, 0.3) is 32.6 Å². The molecule has 40 heavy (non-hydrogen) atoms. The summed E-state index contributed by atoms with van der Waals surface area (Å²) in [7, 11) is 1.81. The van der Waals surface area contributed by atoms with Crippen molar-refractivity contribution in [3.63, 3.8) is 0 Å². The molecule has 0 amide bonds. The van der Waals surface area contributed by atoms with Gasteiger partial charge in [0.2, 0.25) is 0 Å². The molecule has 5 nitrogen and oxygen atoms in total. The maximum atomic E-state index is 15.3. The molecule has 0 radical (unpaired) electrons. The van der Waals surface area contributed by atoms with Crippen molar-refractivity contribution in [1.82, 2.24) is 15.0 Å². The van der Waals surface area contributed by atoms with E-state index < -0.39 is 0 Å². The number of aromatic nitrogens is 3. The van der Waals surface area contributed by atoms with Crippen LogP contribution in [0.4, 0.5) is 15.8 Å². The van der Waals surface area contributed by atoms with Gasteiger partial charge in [0, 0.05) is 69.9 Å². The average Bonchev–Trinajstić information content (AvgIpc) is 3.59. The number of nitrogens with one attached hydrogen (secondary N) is 3. The molecular formula is C33H34FN5S. The van der Waals surface area contributed by atoms with Crippen molar-refractivity contribution >= 4 is 33.7 Å². The van der Waals surface area contributed by atoms with E-state index in [0.29, 0.717) is 17.5 Å². The number of fused-ring (bicyclic) bond motifs is 1. The second-order valence-electron chi connectivity index (χ2n) is 10.7. The van der Waals surface area contributed by atoms with E-state index in [2.05, 4.69) is 89.4 Å². The van der Waals surface area contributed by atoms with Crippen LogP contribution in [0.2, 0.25) is 0 Å². The lowest BCUT2D eigenvalue weighted by molar-refractivity contribution is 0.411. The zero-order valence-electron chi connectivity index (χ0n) is 23.3. The van der Waals surface area contributed by atoms with Crippen molar-refractivity contribution in [3.05, 3.63) is 95.8 Å². The van der Waals surface area contributed by atoms with Crippen molar-refractivity contribution in [3.8, 4) is 34.4 Å². The fourth-order valence-corrected chi connectivity index (χ4v) is 5.56. The Balaban J connectivity index is 0.00000181. The Morgan fingerprint density at radius 3 is 2.60 bits per heavy atom. The summed E-state index contributed by atoms with van der Waals surface area (Å²) in [5, 5.41) is 9.65. The highest BCUT2D eigenvalue weighted by Crippen LogP contribution is 2.34. The summed E-state index contributed by atoms with van der Waals surface area (Å²) in [4.78, 5) is 13.6. The summed E-state index contributed by atoms with van der Waals surface area (Å²) < 4.78 is 15.3. The molecule has 0 aliphatic carbocycles. The highest BCUT2D eigenvalue weighted by molar-refractivity contribution is 7.13. The highest BCUT2D eigenvalue weighted by Gasteiger charge is 2.16. The highest BCUT2D eigenvalue weighted by atomic mass is 32.1. The van der Waals surface area contributed by atoms with Gasteiger partial charge in [-0.1, -0.05) is 33.4 Å². The third-order valence-corrected chi connectivity index (χ3v) is 7.23. The minimum absolute atomic E-state index is 0.113. The van der Waals surface area contributed by atoms with E-state index in [1.165, 1.54) is 4.88 Å². The molecule has 3 N–H and O–H groups in total. The van der Waals surface area contributed by atoms with Gasteiger partial charge in [-0.2, -0.15) is 0 Å². The predicted octanol–water partition coefficient (Wildman–Crippen LogP) is 8.74. The summed E-state index contributed by atoms with van der Waals surface area (Å²) in [5.41, 5.74) is 7.75. The monoisotopic (exact) mass is 551 g/mol. The van der Waals surface area contributed by atoms with Gasteiger partial charge in [0.05, 0.1) is 11.9 Å². The number of rotatable bonds is 8. The number of H-pyrrole nitrogens is 1. The number of hydrogen-bond acceptors (Lipinski definition) is 5. The normalized spacial score (nSPS) is 11.1. The van der Waals surface area contributed by atoms with Gasteiger partial charge in [-0.15, -0.1) is 24.2 Å². The molecule has 4 aromatic heterocycles. The lowest BCUT2D eigenvalue weighted by Crippen LogP contribution is -2.10. The Morgan fingerprint density at radius 2 is 1.90 bits per heavy atom. The number of terminal acetylenes is 1. The van der Waals surface area contributed by atoms with E-state index in [1.807, 2.05) is 31.4 Å². The number of pyridine rings is 2. The number of nitrogens with zero attached hydrogens (tertiary/aromatic N) is 2. The first-order valence-corrected chi connectivity index (χ1v) is 13.8. The number of aromatic amines is 1. The first-order valence-electron chi connectivity index (χ1n) is 12.9. The number of benzene rings is 1. The van der Waals surface area contributed by atoms with Crippen molar-refractivity contribution in [2.75, 3.05) is 17.7 Å². The zero-order valence-corrected chi connectivity index (χ0v) is 24.1. The SMILES string of the molecule is C#C.C=C(CC(C)(C)C)Nc1cncc(-c2cc(Cc3cc4c(-c5cccs5)ccnc4[nH]3)c(NC)cc2F)c1. The van der Waals surface area contributed by atoms with Crippen LogP contribution in [0.15, 0.2) is 78.7 Å². The third-order valence-electron chi connectivity index (χ3n) is 6.33. The van der Waals surface area contributed by atoms with E-state index >= 15 is 4.39 Å². The van der Waals surface area contributed by atoms with Gasteiger partial charge in [0.1, 0.15) is 11.5 Å². The minimum atomic E-state index is -0.302. The van der Waals surface area contributed by atoms with Gasteiger partial charge >= 0.3 is 0 Å². The minimum Gasteiger partial charge on any atom is -0.388 e. The van der Waals surface area contributed by atoms with Crippen LogP contribution in [0.5, 0.6) is 0 Å². The van der Waals surface area contributed by atoms with E-state index in [4.69, 9.17) is 0 Å². The maximum Gasteiger partial charge on any atom is 0.138 e. The van der Waals surface area contributed by atoms with Crippen molar-refractivity contribution in [2.24, 2.45) is 5.41 Å². The first kappa shape index (κ1) is 28.6. The van der Waals surface area contributed by atoms with Gasteiger partial charge < -0.3 is 15.6 Å². The molecule has 0 spiro atoms. The Labute approximate surface area is 239 Å². The first-order chi connectivity index (χ1) is 19.2. The van der Waals surface area contributed by atoms with Crippen molar-refractivity contribution in [2.45, 2.75) is 33.6 Å². The molecule has 0 unspecified atom stereocenters. The number of hydrogen-bond donors (Lipinski definition) is 3. The Kier molecular flexibility index (Phi) is 8.71. The Bertz CT molecular complexity index is 1640. The molecule has 204 valence electrons. The predicted molar refractivity (Wildman–Crippen MR) is 168 cm³/mol. The molecular weight excluding hydrogens is 517 g/mol. The number of thiophene rings is 1. The summed E-state index contributed by atoms with van der Waals surface area (Å²) in [6.45, 7) is 10.7. The molecule has 0 saturated heterocycles. The third kappa shape index (κ3) is 6.59. The smallest absolute Gasteiger partial charge is 0.138 e. The summed E-state index contributed by atoms with van der Waals surface area (Å²) >= 11 is 1.71. The van der Waals surface area contributed by atoms with Gasteiger partial charge in [0.15, 0.2) is 0 Å². The van der Waals surface area contributed by atoms with Crippen LogP contribution in [-0.4, -0.2) is 22.0 Å². The largest absolute Gasteiger partial charge is 0.388 e. The van der Waals surface area contributed by atoms with Gasteiger partial charge in [0.25, 0.3) is 0 Å². The van der Waals surface area contributed by atoms with Crippen LogP contribution in [-0.2, 0) is 6.42 Å². The molecule has 1 aromatic carbocycles.